The standard InChI is InChI=1S/C10H8F3N3O2/c11-10(12,13)18-8-4-2-1-3-7(8)16-6-14-15-9(16)5-17/h1-4,6,17H,5H2. The first-order chi connectivity index (χ1) is 8.51. The van der Waals surface area contributed by atoms with E-state index in [2.05, 4.69) is 14.9 Å². The fraction of sp³-hybridized carbons (Fsp3) is 0.200. The predicted octanol–water partition coefficient (Wildman–Crippen LogP) is 1.66. The van der Waals surface area contributed by atoms with Gasteiger partial charge in [-0.2, -0.15) is 0 Å². The molecule has 5 nitrogen and oxygen atoms in total. The van der Waals surface area contributed by atoms with E-state index in [-0.39, 0.29) is 17.3 Å². The summed E-state index contributed by atoms with van der Waals surface area (Å²) in [5.74, 6) is -0.271. The van der Waals surface area contributed by atoms with E-state index in [0.29, 0.717) is 0 Å². The first kappa shape index (κ1) is 12.4. The van der Waals surface area contributed by atoms with Gasteiger partial charge in [-0.05, 0) is 12.1 Å². The first-order valence-corrected chi connectivity index (χ1v) is 4.86. The van der Waals surface area contributed by atoms with Crippen LogP contribution in [0.5, 0.6) is 5.75 Å². The molecule has 0 radical (unpaired) electrons. The van der Waals surface area contributed by atoms with Crippen molar-refractivity contribution in [2.45, 2.75) is 13.0 Å². The number of hydrogen-bond acceptors (Lipinski definition) is 4. The smallest absolute Gasteiger partial charge is 0.404 e. The second kappa shape index (κ2) is 4.65. The van der Waals surface area contributed by atoms with Crippen LogP contribution in [-0.4, -0.2) is 26.2 Å². The SMILES string of the molecule is OCc1nncn1-c1ccccc1OC(F)(F)F. The number of nitrogens with zero attached hydrogens (tertiary/aromatic N) is 3. The van der Waals surface area contributed by atoms with Gasteiger partial charge in [-0.3, -0.25) is 4.57 Å². The normalized spacial score (nSPS) is 11.6. The summed E-state index contributed by atoms with van der Waals surface area (Å²) in [7, 11) is 0. The lowest BCUT2D eigenvalue weighted by Gasteiger charge is -2.14. The molecule has 1 heterocycles. The van der Waals surface area contributed by atoms with Crippen LogP contribution < -0.4 is 4.74 Å². The number of aliphatic hydroxyl groups is 1. The molecule has 2 rings (SSSR count). The van der Waals surface area contributed by atoms with E-state index in [0.717, 1.165) is 0 Å². The molecule has 0 saturated heterocycles. The number of para-hydroxylation sites is 2. The van der Waals surface area contributed by atoms with E-state index in [4.69, 9.17) is 5.11 Å². The van der Waals surface area contributed by atoms with Gasteiger partial charge in [-0.25, -0.2) is 0 Å². The van der Waals surface area contributed by atoms with E-state index in [1.807, 2.05) is 0 Å². The van der Waals surface area contributed by atoms with Crippen molar-refractivity contribution in [2.24, 2.45) is 0 Å². The van der Waals surface area contributed by atoms with Crippen LogP contribution in [0.3, 0.4) is 0 Å². The van der Waals surface area contributed by atoms with E-state index < -0.39 is 13.0 Å². The maximum absolute atomic E-state index is 12.2. The highest BCUT2D eigenvalue weighted by atomic mass is 19.4. The second-order valence-electron chi connectivity index (χ2n) is 3.29. The molecule has 18 heavy (non-hydrogen) atoms. The molecule has 8 heteroatoms. The average Bonchev–Trinajstić information content (AvgIpc) is 2.75. The van der Waals surface area contributed by atoms with Crippen LogP contribution in [0.25, 0.3) is 5.69 Å². The molecule has 0 fully saturated rings. The molecule has 0 amide bonds. The Morgan fingerprint density at radius 2 is 2.00 bits per heavy atom. The Morgan fingerprint density at radius 3 is 2.67 bits per heavy atom. The van der Waals surface area contributed by atoms with Crippen molar-refractivity contribution in [3.63, 3.8) is 0 Å². The predicted molar refractivity (Wildman–Crippen MR) is 54.0 cm³/mol. The maximum atomic E-state index is 12.2. The number of aromatic nitrogens is 3. The van der Waals surface area contributed by atoms with Crippen molar-refractivity contribution in [1.29, 1.82) is 0 Å². The van der Waals surface area contributed by atoms with E-state index in [9.17, 15) is 13.2 Å². The minimum Gasteiger partial charge on any atom is -0.404 e. The Balaban J connectivity index is 2.45. The molecular weight excluding hydrogens is 251 g/mol. The molecule has 0 aliphatic rings. The molecule has 2 aromatic rings. The second-order valence-corrected chi connectivity index (χ2v) is 3.29. The molecule has 1 N–H and O–H groups in total. The number of alkyl halides is 3. The number of aliphatic hydroxyl groups excluding tert-OH is 1. The fourth-order valence-corrected chi connectivity index (χ4v) is 1.44. The van der Waals surface area contributed by atoms with Gasteiger partial charge in [0.25, 0.3) is 0 Å². The molecule has 0 unspecified atom stereocenters. The van der Waals surface area contributed by atoms with Gasteiger partial charge >= 0.3 is 6.36 Å². The van der Waals surface area contributed by atoms with Crippen molar-refractivity contribution in [3.05, 3.63) is 36.4 Å². The minimum absolute atomic E-state index is 0.101. The van der Waals surface area contributed by atoms with Crippen LogP contribution in [0, 0.1) is 0 Å². The summed E-state index contributed by atoms with van der Waals surface area (Å²) in [6.45, 7) is -0.444. The molecule has 0 aliphatic heterocycles. The number of rotatable bonds is 3. The zero-order chi connectivity index (χ0) is 13.2. The van der Waals surface area contributed by atoms with Crippen molar-refractivity contribution in [3.8, 4) is 11.4 Å². The van der Waals surface area contributed by atoms with Gasteiger partial charge in [0, 0.05) is 0 Å². The molecule has 0 saturated carbocycles. The van der Waals surface area contributed by atoms with Crippen molar-refractivity contribution < 1.29 is 23.0 Å². The number of benzene rings is 1. The zero-order valence-electron chi connectivity index (χ0n) is 8.92. The average molecular weight is 259 g/mol. The van der Waals surface area contributed by atoms with Crippen LogP contribution in [0.4, 0.5) is 13.2 Å². The Labute approximate surface area is 99.4 Å². The van der Waals surface area contributed by atoms with Crippen LogP contribution >= 0.6 is 0 Å². The summed E-state index contributed by atoms with van der Waals surface area (Å²) in [4.78, 5) is 0. The van der Waals surface area contributed by atoms with Crippen molar-refractivity contribution in [2.75, 3.05) is 0 Å². The minimum atomic E-state index is -4.79. The Morgan fingerprint density at radius 1 is 1.28 bits per heavy atom. The van der Waals surface area contributed by atoms with Crippen LogP contribution in [0.15, 0.2) is 30.6 Å². The summed E-state index contributed by atoms with van der Waals surface area (Å²) in [6, 6.07) is 5.53. The van der Waals surface area contributed by atoms with Gasteiger partial charge in [-0.1, -0.05) is 12.1 Å². The number of ether oxygens (including phenoxy) is 1. The highest BCUT2D eigenvalue weighted by Gasteiger charge is 2.32. The largest absolute Gasteiger partial charge is 0.573 e. The van der Waals surface area contributed by atoms with Gasteiger partial charge in [0.15, 0.2) is 11.6 Å². The Hall–Kier alpha value is -2.09. The van der Waals surface area contributed by atoms with Crippen molar-refractivity contribution >= 4 is 0 Å². The summed E-state index contributed by atoms with van der Waals surface area (Å²) in [6.07, 6.45) is -3.59. The number of halogens is 3. The highest BCUT2D eigenvalue weighted by Crippen LogP contribution is 2.29. The third kappa shape index (κ3) is 2.59. The lowest BCUT2D eigenvalue weighted by molar-refractivity contribution is -0.274. The molecule has 0 spiro atoms. The maximum Gasteiger partial charge on any atom is 0.573 e. The molecule has 1 aromatic carbocycles. The molecule has 0 aliphatic carbocycles. The topological polar surface area (TPSA) is 60.2 Å². The highest BCUT2D eigenvalue weighted by molar-refractivity contribution is 5.47. The molecular formula is C10H8F3N3O2. The third-order valence-corrected chi connectivity index (χ3v) is 2.11. The van der Waals surface area contributed by atoms with Gasteiger partial charge in [0.2, 0.25) is 0 Å². The lowest BCUT2D eigenvalue weighted by atomic mass is 10.3. The van der Waals surface area contributed by atoms with Crippen LogP contribution in [-0.2, 0) is 6.61 Å². The Kier molecular flexibility index (Phi) is 3.19. The summed E-state index contributed by atoms with van der Waals surface area (Å²) in [5.41, 5.74) is 0.101. The van der Waals surface area contributed by atoms with Crippen LogP contribution in [0.2, 0.25) is 0 Å². The monoisotopic (exact) mass is 259 g/mol. The van der Waals surface area contributed by atoms with Gasteiger partial charge in [-0.15, -0.1) is 23.4 Å². The zero-order valence-corrected chi connectivity index (χ0v) is 8.92. The van der Waals surface area contributed by atoms with Gasteiger partial charge < -0.3 is 9.84 Å². The third-order valence-electron chi connectivity index (χ3n) is 2.11. The quantitative estimate of drug-likeness (QED) is 0.910. The van der Waals surface area contributed by atoms with E-state index in [1.54, 1.807) is 6.07 Å². The molecule has 1 aromatic heterocycles. The molecule has 0 atom stereocenters. The summed E-state index contributed by atoms with van der Waals surface area (Å²) >= 11 is 0. The van der Waals surface area contributed by atoms with Crippen molar-refractivity contribution in [1.82, 2.24) is 14.8 Å². The number of hydrogen-bond donors (Lipinski definition) is 1. The first-order valence-electron chi connectivity index (χ1n) is 4.86. The molecule has 0 bridgehead atoms. The van der Waals surface area contributed by atoms with Crippen LogP contribution in [0.1, 0.15) is 5.82 Å². The fourth-order valence-electron chi connectivity index (χ4n) is 1.44. The molecule has 96 valence electrons. The van der Waals surface area contributed by atoms with Gasteiger partial charge in [0.1, 0.15) is 12.9 Å². The van der Waals surface area contributed by atoms with Gasteiger partial charge in [0.05, 0.1) is 5.69 Å². The Bertz CT molecular complexity index is 539. The van der Waals surface area contributed by atoms with E-state index >= 15 is 0 Å². The summed E-state index contributed by atoms with van der Waals surface area (Å²) in [5, 5.41) is 16.1. The lowest BCUT2D eigenvalue weighted by Crippen LogP contribution is -2.18. The van der Waals surface area contributed by atoms with E-state index in [1.165, 1.54) is 29.1 Å². The summed E-state index contributed by atoms with van der Waals surface area (Å²) < 4.78 is 41.8.